The first-order valence-corrected chi connectivity index (χ1v) is 11.3. The Morgan fingerprint density at radius 2 is 1.75 bits per heavy atom. The van der Waals surface area contributed by atoms with Gasteiger partial charge in [0.1, 0.15) is 0 Å². The Morgan fingerprint density at radius 3 is 2.21 bits per heavy atom. The van der Waals surface area contributed by atoms with Gasteiger partial charge in [0.2, 0.25) is 0 Å². The summed E-state index contributed by atoms with van der Waals surface area (Å²) in [6.07, 6.45) is 3.84. The van der Waals surface area contributed by atoms with Crippen LogP contribution in [0.5, 0.6) is 0 Å². The van der Waals surface area contributed by atoms with E-state index in [9.17, 15) is 10.1 Å². The average molecular weight is 350 g/mol. The zero-order valence-corrected chi connectivity index (χ0v) is 17.3. The number of nitrogens with zero attached hydrogens (tertiary/aromatic N) is 1. The van der Waals surface area contributed by atoms with E-state index in [4.69, 9.17) is 4.43 Å². The SMILES string of the molecule is CC(C)(C)c1ccc(/C=C/CO[Si](C)(C)C(C)(C)C)cc1[N+](=O)[O-]. The molecule has 5 heteroatoms. The number of hydrogen-bond donors (Lipinski definition) is 0. The maximum absolute atomic E-state index is 11.4. The van der Waals surface area contributed by atoms with Crippen molar-refractivity contribution in [3.63, 3.8) is 0 Å². The highest BCUT2D eigenvalue weighted by atomic mass is 28.4. The molecule has 4 nitrogen and oxygen atoms in total. The first-order chi connectivity index (χ1) is 10.8. The van der Waals surface area contributed by atoms with Gasteiger partial charge in [-0.05, 0) is 29.1 Å². The van der Waals surface area contributed by atoms with Crippen molar-refractivity contribution in [1.29, 1.82) is 0 Å². The Kier molecular flexibility index (Phi) is 6.17. The zero-order chi connectivity index (χ0) is 18.8. The van der Waals surface area contributed by atoms with E-state index in [1.54, 1.807) is 6.07 Å². The highest BCUT2D eigenvalue weighted by Crippen LogP contribution is 2.36. The van der Waals surface area contributed by atoms with Crippen LogP contribution < -0.4 is 0 Å². The molecule has 24 heavy (non-hydrogen) atoms. The minimum absolute atomic E-state index is 0.175. The third kappa shape index (κ3) is 5.28. The van der Waals surface area contributed by atoms with Crippen LogP contribution in [0, 0.1) is 10.1 Å². The molecule has 0 bridgehead atoms. The van der Waals surface area contributed by atoms with Crippen LogP contribution in [0.3, 0.4) is 0 Å². The fraction of sp³-hybridized carbons (Fsp3) is 0.579. The molecule has 0 unspecified atom stereocenters. The number of nitro groups is 1. The molecule has 0 saturated heterocycles. The summed E-state index contributed by atoms with van der Waals surface area (Å²) >= 11 is 0. The number of nitro benzene ring substituents is 1. The molecule has 0 aliphatic carbocycles. The molecule has 134 valence electrons. The van der Waals surface area contributed by atoms with Crippen LogP contribution in [0.4, 0.5) is 5.69 Å². The van der Waals surface area contributed by atoms with Crippen molar-refractivity contribution in [1.82, 2.24) is 0 Å². The molecule has 0 radical (unpaired) electrons. The van der Waals surface area contributed by atoms with Crippen LogP contribution in [0.15, 0.2) is 24.3 Å². The average Bonchev–Trinajstić information content (AvgIpc) is 2.41. The lowest BCUT2D eigenvalue weighted by molar-refractivity contribution is -0.386. The fourth-order valence-electron chi connectivity index (χ4n) is 2.09. The molecule has 0 aromatic heterocycles. The van der Waals surface area contributed by atoms with E-state index in [2.05, 4.69) is 33.9 Å². The normalized spacial score (nSPS) is 13.5. The molecule has 0 saturated carbocycles. The van der Waals surface area contributed by atoms with Gasteiger partial charge in [0.05, 0.1) is 11.5 Å². The zero-order valence-electron chi connectivity index (χ0n) is 16.3. The van der Waals surface area contributed by atoms with Crippen molar-refractivity contribution in [2.75, 3.05) is 6.61 Å². The molecule has 0 N–H and O–H groups in total. The number of rotatable bonds is 5. The van der Waals surface area contributed by atoms with Crippen molar-refractivity contribution in [2.24, 2.45) is 0 Å². The van der Waals surface area contributed by atoms with Crippen molar-refractivity contribution in [2.45, 2.75) is 65.1 Å². The van der Waals surface area contributed by atoms with Crippen LogP contribution in [0.25, 0.3) is 6.08 Å². The molecular formula is C19H31NO3Si. The number of hydrogen-bond acceptors (Lipinski definition) is 3. The molecule has 0 amide bonds. The van der Waals surface area contributed by atoms with E-state index in [0.717, 1.165) is 11.1 Å². The van der Waals surface area contributed by atoms with Crippen molar-refractivity contribution >= 4 is 20.1 Å². The lowest BCUT2D eigenvalue weighted by atomic mass is 9.85. The topological polar surface area (TPSA) is 52.4 Å². The maximum atomic E-state index is 11.4. The van der Waals surface area contributed by atoms with Crippen molar-refractivity contribution in [3.8, 4) is 0 Å². The minimum Gasteiger partial charge on any atom is -0.413 e. The molecule has 1 rings (SSSR count). The first-order valence-electron chi connectivity index (χ1n) is 8.35. The second kappa shape index (κ2) is 7.19. The standard InChI is InChI=1S/C19H31NO3Si/c1-18(2,3)16-12-11-15(14-17(16)20(21)22)10-9-13-23-24(7,8)19(4,5)6/h9-12,14H,13H2,1-8H3/b10-9+. The summed E-state index contributed by atoms with van der Waals surface area (Å²) in [7, 11) is -1.77. The molecule has 0 aliphatic rings. The van der Waals surface area contributed by atoms with E-state index < -0.39 is 8.32 Å². The quantitative estimate of drug-likeness (QED) is 0.376. The van der Waals surface area contributed by atoms with Gasteiger partial charge >= 0.3 is 0 Å². The van der Waals surface area contributed by atoms with Gasteiger partial charge in [-0.1, -0.05) is 65.8 Å². The van der Waals surface area contributed by atoms with Crippen LogP contribution in [0.1, 0.15) is 52.7 Å². The highest BCUT2D eigenvalue weighted by molar-refractivity contribution is 6.74. The number of benzene rings is 1. The summed E-state index contributed by atoms with van der Waals surface area (Å²) < 4.78 is 6.09. The van der Waals surface area contributed by atoms with Gasteiger partial charge in [-0.3, -0.25) is 10.1 Å². The molecule has 0 heterocycles. The highest BCUT2D eigenvalue weighted by Gasteiger charge is 2.36. The van der Waals surface area contributed by atoms with Crippen molar-refractivity contribution in [3.05, 3.63) is 45.5 Å². The van der Waals surface area contributed by atoms with Gasteiger partial charge in [0, 0.05) is 11.6 Å². The van der Waals surface area contributed by atoms with Gasteiger partial charge in [-0.15, -0.1) is 0 Å². The van der Waals surface area contributed by atoms with E-state index >= 15 is 0 Å². The van der Waals surface area contributed by atoms with E-state index in [0.29, 0.717) is 6.61 Å². The van der Waals surface area contributed by atoms with Gasteiger partial charge in [0.25, 0.3) is 5.69 Å². The second-order valence-electron chi connectivity index (χ2n) is 8.76. The smallest absolute Gasteiger partial charge is 0.273 e. The predicted octanol–water partition coefficient (Wildman–Crippen LogP) is 5.93. The molecule has 1 aromatic carbocycles. The van der Waals surface area contributed by atoms with Crippen LogP contribution in [-0.2, 0) is 9.84 Å². The van der Waals surface area contributed by atoms with E-state index in [-0.39, 0.29) is 21.1 Å². The Labute approximate surface area is 147 Å². The fourth-order valence-corrected chi connectivity index (χ4v) is 3.04. The van der Waals surface area contributed by atoms with Gasteiger partial charge in [-0.25, -0.2) is 0 Å². The molecule has 0 spiro atoms. The molecular weight excluding hydrogens is 318 g/mol. The van der Waals surface area contributed by atoms with Gasteiger partial charge < -0.3 is 4.43 Å². The van der Waals surface area contributed by atoms with Crippen LogP contribution in [-0.4, -0.2) is 19.8 Å². The Bertz CT molecular complexity index is 622. The summed E-state index contributed by atoms with van der Waals surface area (Å²) in [5, 5.41) is 11.5. The Morgan fingerprint density at radius 1 is 1.17 bits per heavy atom. The second-order valence-corrected chi connectivity index (χ2v) is 13.6. The molecule has 1 aromatic rings. The summed E-state index contributed by atoms with van der Waals surface area (Å²) in [6, 6.07) is 5.42. The minimum atomic E-state index is -1.77. The summed E-state index contributed by atoms with van der Waals surface area (Å²) in [5.74, 6) is 0. The predicted molar refractivity (Wildman–Crippen MR) is 104 cm³/mol. The lowest BCUT2D eigenvalue weighted by Crippen LogP contribution is -2.40. The molecule has 0 atom stereocenters. The van der Waals surface area contributed by atoms with Gasteiger partial charge in [-0.2, -0.15) is 0 Å². The Hall–Kier alpha value is -1.46. The Balaban J connectivity index is 2.90. The summed E-state index contributed by atoms with van der Waals surface area (Å²) in [4.78, 5) is 11.1. The van der Waals surface area contributed by atoms with E-state index in [1.807, 2.05) is 45.1 Å². The van der Waals surface area contributed by atoms with Gasteiger partial charge in [0.15, 0.2) is 8.32 Å². The van der Waals surface area contributed by atoms with Crippen LogP contribution in [0.2, 0.25) is 18.1 Å². The van der Waals surface area contributed by atoms with E-state index in [1.165, 1.54) is 0 Å². The maximum Gasteiger partial charge on any atom is 0.273 e. The monoisotopic (exact) mass is 349 g/mol. The molecule has 0 aliphatic heterocycles. The van der Waals surface area contributed by atoms with Crippen molar-refractivity contribution < 1.29 is 9.35 Å². The largest absolute Gasteiger partial charge is 0.413 e. The molecule has 0 fully saturated rings. The lowest BCUT2D eigenvalue weighted by Gasteiger charge is -2.35. The summed E-state index contributed by atoms with van der Waals surface area (Å²) in [6.45, 7) is 17.5. The van der Waals surface area contributed by atoms with Crippen LogP contribution >= 0.6 is 0 Å². The first kappa shape index (κ1) is 20.6. The third-order valence-corrected chi connectivity index (χ3v) is 9.18. The third-order valence-electron chi connectivity index (χ3n) is 4.68. The summed E-state index contributed by atoms with van der Waals surface area (Å²) in [5.41, 5.74) is 1.50.